The summed E-state index contributed by atoms with van der Waals surface area (Å²) >= 11 is 0. The van der Waals surface area contributed by atoms with E-state index in [0.29, 0.717) is 0 Å². The van der Waals surface area contributed by atoms with Crippen molar-refractivity contribution in [1.82, 2.24) is 0 Å². The normalized spacial score (nSPS) is 25.1. The van der Waals surface area contributed by atoms with E-state index >= 15 is 0 Å². The molecule has 0 fully saturated rings. The fourth-order valence-corrected chi connectivity index (χ4v) is 1.40. The van der Waals surface area contributed by atoms with Crippen LogP contribution in [0.2, 0.25) is 0 Å². The Morgan fingerprint density at radius 2 is 2.33 bits per heavy atom. The van der Waals surface area contributed by atoms with Gasteiger partial charge in [-0.25, -0.2) is 0 Å². The first kappa shape index (κ1) is 8.74. The Balaban J connectivity index is 0.000000640. The Hall–Kier alpha value is -0.260. The van der Waals surface area contributed by atoms with Gasteiger partial charge in [0, 0.05) is 0 Å². The summed E-state index contributed by atoms with van der Waals surface area (Å²) in [6.45, 7) is 4.57. The summed E-state index contributed by atoms with van der Waals surface area (Å²) < 4.78 is 0. The van der Waals surface area contributed by atoms with E-state index in [0.717, 1.165) is 5.92 Å². The van der Waals surface area contributed by atoms with Crippen LogP contribution in [-0.4, -0.2) is 0 Å². The highest BCUT2D eigenvalue weighted by Gasteiger charge is 2.10. The second-order valence-electron chi connectivity index (χ2n) is 2.61. The molecule has 9 heavy (non-hydrogen) atoms. The van der Waals surface area contributed by atoms with Crippen molar-refractivity contribution in [3.05, 3.63) is 11.6 Å². The minimum atomic E-state index is 0. The summed E-state index contributed by atoms with van der Waals surface area (Å²) in [6.07, 6.45) is 6.37. The topological polar surface area (TPSA) is 0 Å². The second kappa shape index (κ2) is 3.71. The standard InChI is InChI=1S/C8H14.CH4/c1-3-8-6-4-5-7(8)2;/h6-7H,3-5H2,1-2H3;1H4. The molecule has 0 N–H and O–H groups in total. The number of allylic oxidation sites excluding steroid dienone is 2. The zero-order chi connectivity index (χ0) is 5.98. The molecule has 0 heteroatoms. The van der Waals surface area contributed by atoms with Gasteiger partial charge >= 0.3 is 0 Å². The van der Waals surface area contributed by atoms with E-state index in [2.05, 4.69) is 19.9 Å². The van der Waals surface area contributed by atoms with Gasteiger partial charge in [-0.2, -0.15) is 0 Å². The fourth-order valence-electron chi connectivity index (χ4n) is 1.40. The molecule has 0 heterocycles. The van der Waals surface area contributed by atoms with E-state index in [1.165, 1.54) is 19.3 Å². The van der Waals surface area contributed by atoms with Crippen LogP contribution >= 0.6 is 0 Å². The second-order valence-corrected chi connectivity index (χ2v) is 2.61. The van der Waals surface area contributed by atoms with Crippen LogP contribution in [0.1, 0.15) is 40.5 Å². The van der Waals surface area contributed by atoms with Crippen LogP contribution in [-0.2, 0) is 0 Å². The van der Waals surface area contributed by atoms with Crippen LogP contribution in [0, 0.1) is 5.92 Å². The van der Waals surface area contributed by atoms with Crippen molar-refractivity contribution < 1.29 is 0 Å². The number of rotatable bonds is 1. The minimum Gasteiger partial charge on any atom is -0.0851 e. The SMILES string of the molecule is C.CCC1=CCCC1C. The lowest BCUT2D eigenvalue weighted by atomic mass is 10.0. The average Bonchev–Trinajstić information content (AvgIpc) is 2.14. The maximum Gasteiger partial charge on any atom is -0.0229 e. The summed E-state index contributed by atoms with van der Waals surface area (Å²) in [5.41, 5.74) is 1.67. The molecule has 1 unspecified atom stereocenters. The van der Waals surface area contributed by atoms with Crippen LogP contribution in [0.5, 0.6) is 0 Å². The highest BCUT2D eigenvalue weighted by molar-refractivity contribution is 5.10. The molecular weight excluding hydrogens is 108 g/mol. The Bertz CT molecular complexity index is 101. The van der Waals surface area contributed by atoms with Crippen molar-refractivity contribution in [2.45, 2.75) is 40.5 Å². The molecule has 1 aliphatic carbocycles. The maximum absolute atomic E-state index is 2.39. The van der Waals surface area contributed by atoms with Gasteiger partial charge in [0.05, 0.1) is 0 Å². The van der Waals surface area contributed by atoms with Gasteiger partial charge in [0.15, 0.2) is 0 Å². The smallest absolute Gasteiger partial charge is 0.0229 e. The van der Waals surface area contributed by atoms with E-state index in [9.17, 15) is 0 Å². The van der Waals surface area contributed by atoms with Gasteiger partial charge in [0.2, 0.25) is 0 Å². The van der Waals surface area contributed by atoms with Crippen molar-refractivity contribution in [3.8, 4) is 0 Å². The van der Waals surface area contributed by atoms with Crippen molar-refractivity contribution >= 4 is 0 Å². The van der Waals surface area contributed by atoms with E-state index in [-0.39, 0.29) is 7.43 Å². The third-order valence-electron chi connectivity index (χ3n) is 2.05. The Morgan fingerprint density at radius 3 is 2.56 bits per heavy atom. The van der Waals surface area contributed by atoms with E-state index in [4.69, 9.17) is 0 Å². The van der Waals surface area contributed by atoms with Gasteiger partial charge in [-0.3, -0.25) is 0 Å². The monoisotopic (exact) mass is 126 g/mol. The molecule has 0 aromatic heterocycles. The van der Waals surface area contributed by atoms with Crippen LogP contribution in [0.4, 0.5) is 0 Å². The molecule has 0 aromatic carbocycles. The van der Waals surface area contributed by atoms with Gasteiger partial charge in [-0.1, -0.05) is 32.9 Å². The molecule has 54 valence electrons. The van der Waals surface area contributed by atoms with Gasteiger partial charge in [0.25, 0.3) is 0 Å². The molecule has 0 aliphatic heterocycles. The number of hydrogen-bond donors (Lipinski definition) is 0. The zero-order valence-corrected chi connectivity index (χ0v) is 5.78. The van der Waals surface area contributed by atoms with Gasteiger partial charge < -0.3 is 0 Å². The molecule has 1 rings (SSSR count). The van der Waals surface area contributed by atoms with E-state index in [1.54, 1.807) is 5.57 Å². The van der Waals surface area contributed by atoms with Crippen molar-refractivity contribution in [1.29, 1.82) is 0 Å². The van der Waals surface area contributed by atoms with Gasteiger partial charge in [-0.15, -0.1) is 0 Å². The highest BCUT2D eigenvalue weighted by Crippen LogP contribution is 2.26. The first-order valence-electron chi connectivity index (χ1n) is 3.53. The summed E-state index contributed by atoms with van der Waals surface area (Å²) in [5, 5.41) is 0. The van der Waals surface area contributed by atoms with Gasteiger partial charge in [0.1, 0.15) is 0 Å². The van der Waals surface area contributed by atoms with E-state index < -0.39 is 0 Å². The van der Waals surface area contributed by atoms with Crippen LogP contribution in [0.3, 0.4) is 0 Å². The van der Waals surface area contributed by atoms with Gasteiger partial charge in [-0.05, 0) is 25.2 Å². The molecule has 0 aromatic rings. The first-order valence-corrected chi connectivity index (χ1v) is 3.53. The van der Waals surface area contributed by atoms with Crippen molar-refractivity contribution in [3.63, 3.8) is 0 Å². The molecule has 0 bridgehead atoms. The molecule has 1 aliphatic rings. The van der Waals surface area contributed by atoms with Crippen molar-refractivity contribution in [2.24, 2.45) is 5.92 Å². The lowest BCUT2D eigenvalue weighted by Gasteiger charge is -2.03. The molecule has 0 radical (unpaired) electrons. The predicted molar refractivity (Wildman–Crippen MR) is 43.5 cm³/mol. The van der Waals surface area contributed by atoms with Crippen LogP contribution < -0.4 is 0 Å². The molecule has 0 spiro atoms. The predicted octanol–water partition coefficient (Wildman–Crippen LogP) is 3.39. The Labute approximate surface area is 59.0 Å². The zero-order valence-electron chi connectivity index (χ0n) is 5.78. The fraction of sp³-hybridized carbons (Fsp3) is 0.778. The summed E-state index contributed by atoms with van der Waals surface area (Å²) in [4.78, 5) is 0. The van der Waals surface area contributed by atoms with E-state index in [1.807, 2.05) is 0 Å². The summed E-state index contributed by atoms with van der Waals surface area (Å²) in [7, 11) is 0. The molecular formula is C9H18. The highest BCUT2D eigenvalue weighted by atomic mass is 14.2. The quantitative estimate of drug-likeness (QED) is 0.472. The molecule has 0 saturated heterocycles. The Kier molecular flexibility index (Phi) is 3.60. The van der Waals surface area contributed by atoms with Crippen molar-refractivity contribution in [2.75, 3.05) is 0 Å². The third-order valence-corrected chi connectivity index (χ3v) is 2.05. The van der Waals surface area contributed by atoms with Crippen LogP contribution in [0.15, 0.2) is 11.6 Å². The largest absolute Gasteiger partial charge is 0.0851 e. The maximum atomic E-state index is 2.39. The molecule has 1 atom stereocenters. The number of hydrogen-bond acceptors (Lipinski definition) is 0. The Morgan fingerprint density at radius 1 is 1.67 bits per heavy atom. The summed E-state index contributed by atoms with van der Waals surface area (Å²) in [5.74, 6) is 0.889. The average molecular weight is 126 g/mol. The molecule has 0 nitrogen and oxygen atoms in total. The van der Waals surface area contributed by atoms with Crippen LogP contribution in [0.25, 0.3) is 0 Å². The lowest BCUT2D eigenvalue weighted by Crippen LogP contribution is -1.89. The summed E-state index contributed by atoms with van der Waals surface area (Å²) in [6, 6.07) is 0. The lowest BCUT2D eigenvalue weighted by molar-refractivity contribution is 0.652. The minimum absolute atomic E-state index is 0. The third kappa shape index (κ3) is 1.85. The molecule has 0 saturated carbocycles. The first-order chi connectivity index (χ1) is 3.84. The molecule has 0 amide bonds.